The summed E-state index contributed by atoms with van der Waals surface area (Å²) in [6.45, 7) is 8.61. The van der Waals surface area contributed by atoms with E-state index in [1.807, 2.05) is 30.3 Å². The molecule has 7 nitrogen and oxygen atoms in total. The van der Waals surface area contributed by atoms with Crippen LogP contribution in [0, 0.1) is 5.92 Å². The zero-order valence-electron chi connectivity index (χ0n) is 15.4. The van der Waals surface area contributed by atoms with Crippen LogP contribution in [0.25, 0.3) is 0 Å². The number of nitrogens with zero attached hydrogens (tertiary/aromatic N) is 3. The minimum atomic E-state index is -0.960. The van der Waals surface area contributed by atoms with Gasteiger partial charge in [-0.3, -0.25) is 14.9 Å². The smallest absolute Gasteiger partial charge is 0.321 e. The molecule has 26 heavy (non-hydrogen) atoms. The summed E-state index contributed by atoms with van der Waals surface area (Å²) in [5.41, 5.74) is 0.838. The number of nitrogens with one attached hydrogen (secondary N) is 1. The average molecular weight is 358 g/mol. The SMILES string of the molecule is CCOC(=O)[C@@H]1C(=O)NC(N2CCN(CC)CC2)=N[C@@H]1c1ccccc1. The first kappa shape index (κ1) is 18.4. The van der Waals surface area contributed by atoms with E-state index in [2.05, 4.69) is 22.0 Å². The summed E-state index contributed by atoms with van der Waals surface area (Å²) in [5.74, 6) is -1.28. The fraction of sp³-hybridized carbons (Fsp3) is 0.526. The number of ether oxygens (including phenoxy) is 1. The fourth-order valence-corrected chi connectivity index (χ4v) is 3.39. The highest BCUT2D eigenvalue weighted by Gasteiger charge is 2.42. The van der Waals surface area contributed by atoms with Crippen molar-refractivity contribution in [3.63, 3.8) is 0 Å². The van der Waals surface area contributed by atoms with Gasteiger partial charge in [0.05, 0.1) is 6.61 Å². The lowest BCUT2D eigenvalue weighted by atomic mass is 9.91. The standard InChI is InChI=1S/C19H26N4O3/c1-3-22-10-12-23(13-11-22)19-20-16(14-8-6-5-7-9-14)15(17(24)21-19)18(25)26-4-2/h5-9,15-16H,3-4,10-13H2,1-2H3,(H,20,21,24)/t15-,16+/m0/s1. The van der Waals surface area contributed by atoms with Crippen LogP contribution in [0.4, 0.5) is 0 Å². The fourth-order valence-electron chi connectivity index (χ4n) is 3.39. The highest BCUT2D eigenvalue weighted by atomic mass is 16.5. The molecule has 0 aromatic heterocycles. The van der Waals surface area contributed by atoms with E-state index < -0.39 is 17.9 Å². The lowest BCUT2D eigenvalue weighted by molar-refractivity contribution is -0.153. The van der Waals surface area contributed by atoms with Gasteiger partial charge in [0.25, 0.3) is 0 Å². The maximum atomic E-state index is 12.7. The quantitative estimate of drug-likeness (QED) is 0.643. The second kappa shape index (κ2) is 8.31. The Labute approximate surface area is 154 Å². The number of guanidine groups is 1. The predicted molar refractivity (Wildman–Crippen MR) is 98.6 cm³/mol. The van der Waals surface area contributed by atoms with Crippen molar-refractivity contribution < 1.29 is 14.3 Å². The van der Waals surface area contributed by atoms with Gasteiger partial charge in [0, 0.05) is 26.2 Å². The van der Waals surface area contributed by atoms with Gasteiger partial charge in [-0.1, -0.05) is 37.3 Å². The molecule has 0 bridgehead atoms. The molecule has 3 rings (SSSR count). The number of esters is 1. The van der Waals surface area contributed by atoms with Crippen molar-refractivity contribution >= 4 is 17.8 Å². The molecule has 0 spiro atoms. The number of aliphatic imine (C=N–C) groups is 1. The molecule has 0 aliphatic carbocycles. The second-order valence-corrected chi connectivity index (χ2v) is 6.45. The molecule has 0 radical (unpaired) electrons. The van der Waals surface area contributed by atoms with Gasteiger partial charge in [0.15, 0.2) is 5.92 Å². The molecule has 1 amide bonds. The third kappa shape index (κ3) is 3.88. The molecule has 2 heterocycles. The first-order chi connectivity index (χ1) is 12.6. The van der Waals surface area contributed by atoms with Crippen LogP contribution in [0.2, 0.25) is 0 Å². The van der Waals surface area contributed by atoms with Crippen molar-refractivity contribution in [2.24, 2.45) is 10.9 Å². The number of likely N-dealkylation sites (N-methyl/N-ethyl adjacent to an activating group) is 1. The van der Waals surface area contributed by atoms with Crippen LogP contribution in [0.3, 0.4) is 0 Å². The van der Waals surface area contributed by atoms with E-state index >= 15 is 0 Å². The highest BCUT2D eigenvalue weighted by molar-refractivity contribution is 6.08. The predicted octanol–water partition coefficient (Wildman–Crippen LogP) is 1.03. The summed E-state index contributed by atoms with van der Waals surface area (Å²) in [5, 5.41) is 2.83. The Morgan fingerprint density at radius 3 is 2.50 bits per heavy atom. The number of carbonyl (C=O) groups is 2. The zero-order chi connectivity index (χ0) is 18.5. The summed E-state index contributed by atoms with van der Waals surface area (Å²) in [4.78, 5) is 34.3. The van der Waals surface area contributed by atoms with Crippen LogP contribution < -0.4 is 5.32 Å². The molecule has 1 aromatic carbocycles. The normalized spacial score (nSPS) is 24.0. The Morgan fingerprint density at radius 1 is 1.19 bits per heavy atom. The molecule has 1 fully saturated rings. The number of rotatable bonds is 4. The summed E-state index contributed by atoms with van der Waals surface area (Å²) in [6.07, 6.45) is 0. The summed E-state index contributed by atoms with van der Waals surface area (Å²) in [6, 6.07) is 8.90. The Hall–Kier alpha value is -2.41. The van der Waals surface area contributed by atoms with Crippen LogP contribution in [0.1, 0.15) is 25.5 Å². The van der Waals surface area contributed by atoms with Gasteiger partial charge in [-0.15, -0.1) is 0 Å². The molecule has 1 saturated heterocycles. The Bertz CT molecular complexity index is 669. The summed E-state index contributed by atoms with van der Waals surface area (Å²) in [7, 11) is 0. The first-order valence-corrected chi connectivity index (χ1v) is 9.21. The van der Waals surface area contributed by atoms with E-state index in [1.54, 1.807) is 6.92 Å². The van der Waals surface area contributed by atoms with Gasteiger partial charge in [-0.25, -0.2) is 4.99 Å². The van der Waals surface area contributed by atoms with Crippen molar-refractivity contribution in [3.8, 4) is 0 Å². The zero-order valence-corrected chi connectivity index (χ0v) is 15.4. The maximum Gasteiger partial charge on any atom is 0.321 e. The van der Waals surface area contributed by atoms with Gasteiger partial charge in [0.2, 0.25) is 11.9 Å². The van der Waals surface area contributed by atoms with E-state index in [1.165, 1.54) is 0 Å². The van der Waals surface area contributed by atoms with Crippen LogP contribution in [-0.2, 0) is 14.3 Å². The van der Waals surface area contributed by atoms with E-state index in [-0.39, 0.29) is 12.5 Å². The van der Waals surface area contributed by atoms with Crippen LogP contribution in [0.15, 0.2) is 35.3 Å². The summed E-state index contributed by atoms with van der Waals surface area (Å²) >= 11 is 0. The molecule has 0 saturated carbocycles. The highest BCUT2D eigenvalue weighted by Crippen LogP contribution is 2.30. The first-order valence-electron chi connectivity index (χ1n) is 9.21. The molecular weight excluding hydrogens is 332 g/mol. The maximum absolute atomic E-state index is 12.7. The molecule has 0 unspecified atom stereocenters. The van der Waals surface area contributed by atoms with Crippen LogP contribution >= 0.6 is 0 Å². The molecule has 2 aliphatic heterocycles. The molecule has 1 aromatic rings. The monoisotopic (exact) mass is 358 g/mol. The minimum absolute atomic E-state index is 0.236. The Kier molecular flexibility index (Phi) is 5.88. The van der Waals surface area contributed by atoms with E-state index in [4.69, 9.17) is 9.73 Å². The molecular formula is C19H26N4O3. The topological polar surface area (TPSA) is 74.2 Å². The van der Waals surface area contributed by atoms with Gasteiger partial charge in [-0.05, 0) is 19.0 Å². The van der Waals surface area contributed by atoms with Crippen molar-refractivity contribution in [1.82, 2.24) is 15.1 Å². The third-order valence-corrected chi connectivity index (χ3v) is 4.90. The molecule has 2 aliphatic rings. The Balaban J connectivity index is 1.88. The lowest BCUT2D eigenvalue weighted by Crippen LogP contribution is -2.57. The molecule has 7 heteroatoms. The number of hydrogen-bond donors (Lipinski definition) is 1. The molecule has 140 valence electrons. The Morgan fingerprint density at radius 2 is 1.88 bits per heavy atom. The van der Waals surface area contributed by atoms with E-state index in [0.29, 0.717) is 5.96 Å². The number of amides is 1. The molecule has 1 N–H and O–H groups in total. The average Bonchev–Trinajstić information content (AvgIpc) is 2.68. The number of benzene rings is 1. The van der Waals surface area contributed by atoms with E-state index in [0.717, 1.165) is 38.3 Å². The van der Waals surface area contributed by atoms with Crippen molar-refractivity contribution in [2.45, 2.75) is 19.9 Å². The van der Waals surface area contributed by atoms with Crippen molar-refractivity contribution in [2.75, 3.05) is 39.3 Å². The summed E-state index contributed by atoms with van der Waals surface area (Å²) < 4.78 is 5.12. The minimum Gasteiger partial charge on any atom is -0.465 e. The number of carbonyl (C=O) groups excluding carboxylic acids is 2. The largest absolute Gasteiger partial charge is 0.465 e. The lowest BCUT2D eigenvalue weighted by Gasteiger charge is -2.38. The van der Waals surface area contributed by atoms with Gasteiger partial charge in [-0.2, -0.15) is 0 Å². The number of piperazine rings is 1. The van der Waals surface area contributed by atoms with Gasteiger partial charge < -0.3 is 14.5 Å². The molecule has 2 atom stereocenters. The number of hydrogen-bond acceptors (Lipinski definition) is 6. The third-order valence-electron chi connectivity index (χ3n) is 4.90. The van der Waals surface area contributed by atoms with Crippen LogP contribution in [0.5, 0.6) is 0 Å². The van der Waals surface area contributed by atoms with Gasteiger partial charge in [0.1, 0.15) is 6.04 Å². The van der Waals surface area contributed by atoms with Crippen molar-refractivity contribution in [1.29, 1.82) is 0 Å². The van der Waals surface area contributed by atoms with Crippen molar-refractivity contribution in [3.05, 3.63) is 35.9 Å². The second-order valence-electron chi connectivity index (χ2n) is 6.45. The van der Waals surface area contributed by atoms with Gasteiger partial charge >= 0.3 is 5.97 Å². The van der Waals surface area contributed by atoms with E-state index in [9.17, 15) is 9.59 Å². The van der Waals surface area contributed by atoms with Crippen LogP contribution in [-0.4, -0.2) is 67.0 Å².